The van der Waals surface area contributed by atoms with Crippen molar-refractivity contribution in [2.75, 3.05) is 11.2 Å². The number of anilines is 1. The SMILES string of the molecule is CSc1cccc(N2C3CCC2CC(O)C3)c1CN. The highest BCUT2D eigenvalue weighted by molar-refractivity contribution is 7.98. The topological polar surface area (TPSA) is 49.5 Å². The molecule has 0 aliphatic carbocycles. The molecule has 2 aliphatic rings. The Balaban J connectivity index is 1.99. The van der Waals surface area contributed by atoms with Gasteiger partial charge in [0.1, 0.15) is 0 Å². The minimum Gasteiger partial charge on any atom is -0.393 e. The summed E-state index contributed by atoms with van der Waals surface area (Å²) in [6.45, 7) is 0.588. The third-order valence-corrected chi connectivity index (χ3v) is 5.34. The van der Waals surface area contributed by atoms with Crippen molar-refractivity contribution in [3.05, 3.63) is 23.8 Å². The first-order valence-corrected chi connectivity index (χ1v) is 8.29. The summed E-state index contributed by atoms with van der Waals surface area (Å²) < 4.78 is 0. The zero-order chi connectivity index (χ0) is 13.4. The van der Waals surface area contributed by atoms with Gasteiger partial charge in [0, 0.05) is 34.8 Å². The smallest absolute Gasteiger partial charge is 0.0579 e. The first-order valence-electron chi connectivity index (χ1n) is 7.07. The molecule has 1 aromatic rings. The molecule has 2 aliphatic heterocycles. The van der Waals surface area contributed by atoms with Gasteiger partial charge in [-0.25, -0.2) is 0 Å². The Labute approximate surface area is 119 Å². The van der Waals surface area contributed by atoms with E-state index in [9.17, 15) is 5.11 Å². The van der Waals surface area contributed by atoms with Gasteiger partial charge in [0.25, 0.3) is 0 Å². The van der Waals surface area contributed by atoms with Crippen LogP contribution < -0.4 is 10.6 Å². The minimum absolute atomic E-state index is 0.112. The molecule has 3 nitrogen and oxygen atoms in total. The molecule has 0 amide bonds. The van der Waals surface area contributed by atoms with E-state index in [0.29, 0.717) is 18.6 Å². The minimum atomic E-state index is -0.112. The quantitative estimate of drug-likeness (QED) is 0.833. The molecule has 104 valence electrons. The molecule has 2 unspecified atom stereocenters. The van der Waals surface area contributed by atoms with Crippen LogP contribution in [-0.2, 0) is 6.54 Å². The maximum absolute atomic E-state index is 9.93. The summed E-state index contributed by atoms with van der Waals surface area (Å²) in [5.74, 6) is 0. The number of hydrogen-bond donors (Lipinski definition) is 2. The lowest BCUT2D eigenvalue weighted by molar-refractivity contribution is 0.126. The van der Waals surface area contributed by atoms with Gasteiger partial charge in [-0.1, -0.05) is 6.07 Å². The molecule has 0 saturated carbocycles. The number of benzene rings is 1. The molecule has 4 heteroatoms. The number of fused-ring (bicyclic) bond motifs is 2. The maximum Gasteiger partial charge on any atom is 0.0579 e. The Kier molecular flexibility index (Phi) is 3.74. The molecule has 0 aromatic heterocycles. The second-order valence-electron chi connectivity index (χ2n) is 5.58. The molecule has 2 bridgehead atoms. The van der Waals surface area contributed by atoms with E-state index in [4.69, 9.17) is 5.73 Å². The van der Waals surface area contributed by atoms with Crippen LogP contribution in [0.25, 0.3) is 0 Å². The fourth-order valence-electron chi connectivity index (χ4n) is 3.73. The monoisotopic (exact) mass is 278 g/mol. The summed E-state index contributed by atoms with van der Waals surface area (Å²) >= 11 is 1.77. The Hall–Kier alpha value is -0.710. The van der Waals surface area contributed by atoms with Crippen LogP contribution in [-0.4, -0.2) is 29.5 Å². The Bertz CT molecular complexity index is 451. The number of hydrogen-bond acceptors (Lipinski definition) is 4. The molecule has 0 spiro atoms. The first kappa shape index (κ1) is 13.3. The van der Waals surface area contributed by atoms with Gasteiger partial charge < -0.3 is 15.7 Å². The van der Waals surface area contributed by atoms with Gasteiger partial charge in [-0.2, -0.15) is 0 Å². The lowest BCUT2D eigenvalue weighted by Gasteiger charge is -2.40. The number of aliphatic hydroxyl groups is 1. The Morgan fingerprint density at radius 3 is 2.58 bits per heavy atom. The van der Waals surface area contributed by atoms with Gasteiger partial charge in [-0.15, -0.1) is 11.8 Å². The van der Waals surface area contributed by atoms with E-state index in [-0.39, 0.29) is 6.10 Å². The highest BCUT2D eigenvalue weighted by Gasteiger charge is 2.40. The average molecular weight is 278 g/mol. The molecule has 1 aromatic carbocycles. The van der Waals surface area contributed by atoms with Crippen LogP contribution in [0.5, 0.6) is 0 Å². The predicted molar refractivity (Wildman–Crippen MR) is 80.6 cm³/mol. The van der Waals surface area contributed by atoms with Crippen molar-refractivity contribution in [3.8, 4) is 0 Å². The van der Waals surface area contributed by atoms with Gasteiger partial charge in [0.15, 0.2) is 0 Å². The first-order chi connectivity index (χ1) is 9.24. The standard InChI is InChI=1S/C15H22N2OS/c1-19-15-4-2-3-14(13(15)9-16)17-10-5-6-11(17)8-12(18)7-10/h2-4,10-12,18H,5-9,16H2,1H3. The zero-order valence-corrected chi connectivity index (χ0v) is 12.2. The van der Waals surface area contributed by atoms with E-state index in [2.05, 4.69) is 29.4 Å². The van der Waals surface area contributed by atoms with Crippen LogP contribution in [0.1, 0.15) is 31.2 Å². The second kappa shape index (κ2) is 5.35. The van der Waals surface area contributed by atoms with Crippen LogP contribution in [0, 0.1) is 0 Å². The number of nitrogens with zero attached hydrogens (tertiary/aromatic N) is 1. The highest BCUT2D eigenvalue weighted by Crippen LogP contribution is 2.42. The Morgan fingerprint density at radius 2 is 2.00 bits per heavy atom. The molecule has 19 heavy (non-hydrogen) atoms. The van der Waals surface area contributed by atoms with Crippen LogP contribution >= 0.6 is 11.8 Å². The van der Waals surface area contributed by atoms with E-state index in [1.54, 1.807) is 11.8 Å². The summed E-state index contributed by atoms with van der Waals surface area (Å²) in [6, 6.07) is 7.47. The van der Waals surface area contributed by atoms with Gasteiger partial charge >= 0.3 is 0 Å². The van der Waals surface area contributed by atoms with Crippen molar-refractivity contribution in [1.82, 2.24) is 0 Å². The molecular formula is C15H22N2OS. The number of aliphatic hydroxyl groups excluding tert-OH is 1. The van der Waals surface area contributed by atoms with Crippen LogP contribution in [0.3, 0.4) is 0 Å². The third-order valence-electron chi connectivity index (χ3n) is 4.52. The van der Waals surface area contributed by atoms with Gasteiger partial charge in [0.2, 0.25) is 0 Å². The largest absolute Gasteiger partial charge is 0.393 e. The maximum atomic E-state index is 9.93. The molecule has 3 N–H and O–H groups in total. The van der Waals surface area contributed by atoms with E-state index < -0.39 is 0 Å². The molecule has 2 atom stereocenters. The van der Waals surface area contributed by atoms with Crippen molar-refractivity contribution >= 4 is 17.4 Å². The molecule has 2 saturated heterocycles. The van der Waals surface area contributed by atoms with E-state index in [0.717, 1.165) is 12.8 Å². The van der Waals surface area contributed by atoms with Crippen LogP contribution in [0.15, 0.2) is 23.1 Å². The molecule has 0 radical (unpaired) electrons. The molecular weight excluding hydrogens is 256 g/mol. The fraction of sp³-hybridized carbons (Fsp3) is 0.600. The normalized spacial score (nSPS) is 29.8. The van der Waals surface area contributed by atoms with Crippen molar-refractivity contribution in [1.29, 1.82) is 0 Å². The number of nitrogens with two attached hydrogens (primary N) is 1. The number of rotatable bonds is 3. The molecule has 2 heterocycles. The van der Waals surface area contributed by atoms with Crippen LogP contribution in [0.2, 0.25) is 0 Å². The Morgan fingerprint density at radius 1 is 1.32 bits per heavy atom. The molecule has 2 fully saturated rings. The second-order valence-corrected chi connectivity index (χ2v) is 6.43. The lowest BCUT2D eigenvalue weighted by atomic mass is 9.98. The van der Waals surface area contributed by atoms with Crippen molar-refractivity contribution in [3.63, 3.8) is 0 Å². The highest BCUT2D eigenvalue weighted by atomic mass is 32.2. The fourth-order valence-corrected chi connectivity index (χ4v) is 4.38. The number of piperidine rings is 1. The third kappa shape index (κ3) is 2.26. The zero-order valence-electron chi connectivity index (χ0n) is 11.4. The van der Waals surface area contributed by atoms with E-state index >= 15 is 0 Å². The summed E-state index contributed by atoms with van der Waals surface area (Å²) in [7, 11) is 0. The average Bonchev–Trinajstić information content (AvgIpc) is 2.69. The van der Waals surface area contributed by atoms with Crippen molar-refractivity contribution < 1.29 is 5.11 Å². The van der Waals surface area contributed by atoms with Gasteiger partial charge in [-0.3, -0.25) is 0 Å². The van der Waals surface area contributed by atoms with Crippen molar-refractivity contribution in [2.45, 2.75) is 55.3 Å². The van der Waals surface area contributed by atoms with E-state index in [1.165, 1.54) is 29.0 Å². The van der Waals surface area contributed by atoms with E-state index in [1.807, 2.05) is 0 Å². The summed E-state index contributed by atoms with van der Waals surface area (Å²) in [4.78, 5) is 3.82. The predicted octanol–water partition coefficient (Wildman–Crippen LogP) is 2.36. The van der Waals surface area contributed by atoms with Crippen molar-refractivity contribution in [2.24, 2.45) is 5.73 Å². The lowest BCUT2D eigenvalue weighted by Crippen LogP contribution is -2.45. The number of thioether (sulfide) groups is 1. The summed E-state index contributed by atoms with van der Waals surface area (Å²) in [5.41, 5.74) is 8.55. The van der Waals surface area contributed by atoms with Gasteiger partial charge in [-0.05, 0) is 44.1 Å². The van der Waals surface area contributed by atoms with Gasteiger partial charge in [0.05, 0.1) is 6.10 Å². The summed E-state index contributed by atoms with van der Waals surface area (Å²) in [6.07, 6.45) is 6.21. The molecule has 3 rings (SSSR count). The van der Waals surface area contributed by atoms with Crippen LogP contribution in [0.4, 0.5) is 5.69 Å². The summed E-state index contributed by atoms with van der Waals surface area (Å²) in [5, 5.41) is 9.93.